The van der Waals surface area contributed by atoms with E-state index in [0.29, 0.717) is 6.42 Å². The normalized spacial score (nSPS) is 21.2. The van der Waals surface area contributed by atoms with Crippen molar-refractivity contribution in [3.8, 4) is 0 Å². The number of aromatic nitrogens is 2. The zero-order valence-corrected chi connectivity index (χ0v) is 21.0. The fourth-order valence-electron chi connectivity index (χ4n) is 6.16. The largest absolute Gasteiger partial charge is 0.378 e. The van der Waals surface area contributed by atoms with Crippen LogP contribution in [0.2, 0.25) is 0 Å². The molecule has 35 heavy (non-hydrogen) atoms. The summed E-state index contributed by atoms with van der Waals surface area (Å²) in [6, 6.07) is 18.4. The van der Waals surface area contributed by atoms with E-state index in [2.05, 4.69) is 59.6 Å². The predicted octanol–water partition coefficient (Wildman–Crippen LogP) is 4.17. The van der Waals surface area contributed by atoms with Crippen molar-refractivity contribution in [1.82, 2.24) is 20.0 Å². The van der Waals surface area contributed by atoms with Crippen LogP contribution in [0.3, 0.4) is 0 Å². The van der Waals surface area contributed by atoms with E-state index in [0.717, 1.165) is 50.3 Å². The monoisotopic (exact) mass is 472 g/mol. The third-order valence-corrected chi connectivity index (χ3v) is 7.97. The van der Waals surface area contributed by atoms with Gasteiger partial charge < -0.3 is 10.1 Å². The quantitative estimate of drug-likeness (QED) is 0.561. The SMILES string of the molecule is CCn1cc(CN2CCC3(CC2)c2ccccc2[C@@H](NC(=O)Cc2ccccc2)[C@@H]3OC)c(C)n1. The highest BCUT2D eigenvalue weighted by Crippen LogP contribution is 2.52. The Morgan fingerprint density at radius 3 is 2.51 bits per heavy atom. The second-order valence-corrected chi connectivity index (χ2v) is 9.98. The molecule has 1 aliphatic heterocycles. The minimum absolute atomic E-state index is 0.0379. The van der Waals surface area contributed by atoms with Gasteiger partial charge in [0.2, 0.25) is 5.91 Å². The molecule has 2 aliphatic rings. The van der Waals surface area contributed by atoms with Crippen molar-refractivity contribution < 1.29 is 9.53 Å². The number of nitrogens with one attached hydrogen (secondary N) is 1. The molecule has 1 amide bonds. The van der Waals surface area contributed by atoms with Gasteiger partial charge in [-0.15, -0.1) is 0 Å². The maximum atomic E-state index is 13.0. The van der Waals surface area contributed by atoms with Crippen molar-refractivity contribution in [2.45, 2.75) is 63.8 Å². The lowest BCUT2D eigenvalue weighted by atomic mass is 9.72. The number of carbonyl (C=O) groups is 1. The molecule has 184 valence electrons. The Morgan fingerprint density at radius 2 is 1.83 bits per heavy atom. The van der Waals surface area contributed by atoms with Gasteiger partial charge in [0.25, 0.3) is 0 Å². The van der Waals surface area contributed by atoms with E-state index in [1.54, 1.807) is 7.11 Å². The first-order valence-corrected chi connectivity index (χ1v) is 12.7. The van der Waals surface area contributed by atoms with Crippen LogP contribution >= 0.6 is 0 Å². The van der Waals surface area contributed by atoms with E-state index in [4.69, 9.17) is 4.74 Å². The summed E-state index contributed by atoms with van der Waals surface area (Å²) in [5.41, 5.74) is 5.91. The number of ether oxygens (including phenoxy) is 1. The number of hydrogen-bond acceptors (Lipinski definition) is 4. The molecule has 2 aromatic carbocycles. The van der Waals surface area contributed by atoms with Gasteiger partial charge in [-0.25, -0.2) is 0 Å². The second kappa shape index (κ2) is 9.96. The van der Waals surface area contributed by atoms with Crippen molar-refractivity contribution in [3.63, 3.8) is 0 Å². The number of amides is 1. The summed E-state index contributed by atoms with van der Waals surface area (Å²) in [6.07, 6.45) is 4.50. The summed E-state index contributed by atoms with van der Waals surface area (Å²) in [7, 11) is 1.80. The minimum Gasteiger partial charge on any atom is -0.378 e. The van der Waals surface area contributed by atoms with Crippen molar-refractivity contribution >= 4 is 5.91 Å². The molecule has 1 aromatic heterocycles. The van der Waals surface area contributed by atoms with Crippen LogP contribution in [0.25, 0.3) is 0 Å². The number of likely N-dealkylation sites (tertiary alicyclic amines) is 1. The van der Waals surface area contributed by atoms with Crippen LogP contribution in [0.15, 0.2) is 60.8 Å². The molecule has 3 aromatic rings. The molecule has 0 bridgehead atoms. The third kappa shape index (κ3) is 4.53. The summed E-state index contributed by atoms with van der Waals surface area (Å²) in [4.78, 5) is 15.6. The maximum absolute atomic E-state index is 13.0. The van der Waals surface area contributed by atoms with E-state index in [1.165, 1.54) is 16.7 Å². The number of hydrogen-bond donors (Lipinski definition) is 1. The van der Waals surface area contributed by atoms with E-state index in [9.17, 15) is 4.79 Å². The van der Waals surface area contributed by atoms with Crippen molar-refractivity contribution in [1.29, 1.82) is 0 Å². The number of nitrogens with zero attached hydrogens (tertiary/aromatic N) is 3. The smallest absolute Gasteiger partial charge is 0.224 e. The van der Waals surface area contributed by atoms with Crippen LogP contribution in [0.4, 0.5) is 0 Å². The van der Waals surface area contributed by atoms with E-state index in [1.807, 2.05) is 35.0 Å². The van der Waals surface area contributed by atoms with Crippen LogP contribution in [0, 0.1) is 6.92 Å². The zero-order valence-electron chi connectivity index (χ0n) is 21.0. The van der Waals surface area contributed by atoms with Crippen LogP contribution in [-0.4, -0.2) is 46.9 Å². The van der Waals surface area contributed by atoms with E-state index in [-0.39, 0.29) is 23.5 Å². The van der Waals surface area contributed by atoms with Crippen molar-refractivity contribution in [2.75, 3.05) is 20.2 Å². The van der Waals surface area contributed by atoms with Crippen LogP contribution in [-0.2, 0) is 34.5 Å². The van der Waals surface area contributed by atoms with Gasteiger partial charge >= 0.3 is 0 Å². The lowest BCUT2D eigenvalue weighted by molar-refractivity contribution is -0.122. The number of fused-ring (bicyclic) bond motifs is 2. The molecule has 5 rings (SSSR count). The molecule has 0 unspecified atom stereocenters. The van der Waals surface area contributed by atoms with Gasteiger partial charge in [-0.2, -0.15) is 5.10 Å². The molecular weight excluding hydrogens is 436 g/mol. The molecule has 6 heteroatoms. The Morgan fingerprint density at radius 1 is 1.11 bits per heavy atom. The van der Waals surface area contributed by atoms with Crippen molar-refractivity contribution in [2.24, 2.45) is 0 Å². The first-order valence-electron chi connectivity index (χ1n) is 12.7. The topological polar surface area (TPSA) is 59.4 Å². The highest BCUT2D eigenvalue weighted by molar-refractivity contribution is 5.79. The lowest BCUT2D eigenvalue weighted by Crippen LogP contribution is -2.50. The standard InChI is InChI=1S/C29H36N4O2/c1-4-33-20-23(21(2)31-33)19-32-16-14-29(15-17-32)25-13-9-8-12-24(25)27(28(29)35-3)30-26(34)18-22-10-6-5-7-11-22/h5-13,20,27-28H,4,14-19H2,1-3H3,(H,30,34)/t27-,28+/m1/s1. The number of aryl methyl sites for hydroxylation is 2. The van der Waals surface area contributed by atoms with Gasteiger partial charge in [-0.1, -0.05) is 54.6 Å². The number of benzene rings is 2. The molecule has 1 N–H and O–H groups in total. The van der Waals surface area contributed by atoms with Gasteiger partial charge in [0.15, 0.2) is 0 Å². The predicted molar refractivity (Wildman–Crippen MR) is 137 cm³/mol. The highest BCUT2D eigenvalue weighted by Gasteiger charge is 2.53. The maximum Gasteiger partial charge on any atom is 0.224 e. The average Bonchev–Trinajstić information content (AvgIpc) is 3.36. The zero-order chi connectivity index (χ0) is 24.4. The molecule has 2 heterocycles. The van der Waals surface area contributed by atoms with Crippen LogP contribution in [0.1, 0.15) is 53.8 Å². The minimum atomic E-state index is -0.135. The first kappa shape index (κ1) is 23.8. The molecule has 1 spiro atoms. The summed E-state index contributed by atoms with van der Waals surface area (Å²) >= 11 is 0. The first-order chi connectivity index (χ1) is 17.0. The van der Waals surface area contributed by atoms with E-state index < -0.39 is 0 Å². The molecule has 1 saturated heterocycles. The summed E-state index contributed by atoms with van der Waals surface area (Å²) < 4.78 is 8.22. The second-order valence-electron chi connectivity index (χ2n) is 9.98. The Kier molecular flexibility index (Phi) is 6.76. The number of rotatable bonds is 7. The van der Waals surface area contributed by atoms with Crippen LogP contribution < -0.4 is 5.32 Å². The molecule has 2 atom stereocenters. The third-order valence-electron chi connectivity index (χ3n) is 7.97. The van der Waals surface area contributed by atoms with Crippen LogP contribution in [0.5, 0.6) is 0 Å². The van der Waals surface area contributed by atoms with Gasteiger partial charge in [-0.3, -0.25) is 14.4 Å². The number of carbonyl (C=O) groups excluding carboxylic acids is 1. The number of methoxy groups -OCH3 is 1. The molecule has 6 nitrogen and oxygen atoms in total. The molecule has 0 radical (unpaired) electrons. The lowest BCUT2D eigenvalue weighted by Gasteiger charge is -2.44. The summed E-state index contributed by atoms with van der Waals surface area (Å²) in [5, 5.41) is 7.95. The summed E-state index contributed by atoms with van der Waals surface area (Å²) in [5.74, 6) is 0.0379. The Bertz CT molecular complexity index is 1160. The Balaban J connectivity index is 1.33. The van der Waals surface area contributed by atoms with Gasteiger partial charge in [-0.05, 0) is 56.5 Å². The summed E-state index contributed by atoms with van der Waals surface area (Å²) in [6.45, 7) is 8.04. The van der Waals surface area contributed by atoms with Gasteiger partial charge in [0, 0.05) is 37.4 Å². The number of piperidine rings is 1. The Hall–Kier alpha value is -2.96. The molecule has 1 fully saturated rings. The van der Waals surface area contributed by atoms with Gasteiger partial charge in [0.1, 0.15) is 0 Å². The molecule has 0 saturated carbocycles. The van der Waals surface area contributed by atoms with E-state index >= 15 is 0 Å². The molecular formula is C29H36N4O2. The van der Waals surface area contributed by atoms with Crippen molar-refractivity contribution in [3.05, 3.63) is 88.7 Å². The molecule has 1 aliphatic carbocycles. The van der Waals surface area contributed by atoms with Gasteiger partial charge in [0.05, 0.1) is 24.3 Å². The fraction of sp³-hybridized carbons (Fsp3) is 0.448. The highest BCUT2D eigenvalue weighted by atomic mass is 16.5. The Labute approximate surface area is 208 Å². The fourth-order valence-corrected chi connectivity index (χ4v) is 6.16. The average molecular weight is 473 g/mol.